The van der Waals surface area contributed by atoms with Crippen molar-refractivity contribution in [3.8, 4) is 22.8 Å². The Balaban J connectivity index is 0.934. The maximum Gasteiger partial charge on any atom is 0.342 e. The molecular weight excluding hydrogens is 751 g/mol. The molecule has 0 amide bonds. The molecule has 3 aromatic heterocycles. The Bertz CT molecular complexity index is 2630. The van der Waals surface area contributed by atoms with Crippen molar-refractivity contribution in [2.45, 2.75) is 75.9 Å². The molecule has 2 saturated heterocycles. The highest BCUT2D eigenvalue weighted by Gasteiger charge is 2.70. The molecule has 59 heavy (non-hydrogen) atoms. The third kappa shape index (κ3) is 6.23. The molecule has 6 aliphatic heterocycles. The van der Waals surface area contributed by atoms with Crippen molar-refractivity contribution in [1.82, 2.24) is 15.3 Å². The van der Waals surface area contributed by atoms with Gasteiger partial charge in [0, 0.05) is 41.3 Å². The summed E-state index contributed by atoms with van der Waals surface area (Å²) in [6, 6.07) is 10.7. The van der Waals surface area contributed by atoms with E-state index in [1.807, 2.05) is 57.4 Å². The summed E-state index contributed by atoms with van der Waals surface area (Å²) in [7, 11) is 1.91. The number of nitrogens with two attached hydrogens (primary N) is 2. The first kappa shape index (κ1) is 37.4. The number of hydrogen-bond acceptors (Lipinski definition) is 13. The summed E-state index contributed by atoms with van der Waals surface area (Å²) < 4.78 is 25.6. The first-order chi connectivity index (χ1) is 28.3. The van der Waals surface area contributed by atoms with Crippen LogP contribution in [0.2, 0.25) is 0 Å². The van der Waals surface area contributed by atoms with Crippen molar-refractivity contribution in [2.75, 3.05) is 31.6 Å². The van der Waals surface area contributed by atoms with Crippen LogP contribution in [0, 0.1) is 24.7 Å². The molecule has 0 saturated carbocycles. The fourth-order valence-corrected chi connectivity index (χ4v) is 10.4. The minimum Gasteiger partial charge on any atom is -0.507 e. The number of aromatic nitrogens is 2. The van der Waals surface area contributed by atoms with Gasteiger partial charge in [0.25, 0.3) is 0 Å². The average Bonchev–Trinajstić information content (AvgIpc) is 3.52. The molecule has 1 aliphatic carbocycles. The molecule has 304 valence electrons. The monoisotopic (exact) mass is 798 g/mol. The number of nitrogens with zero attached hydrogens (tertiary/aromatic N) is 3. The van der Waals surface area contributed by atoms with E-state index >= 15 is 0 Å². The van der Waals surface area contributed by atoms with Crippen LogP contribution in [0.15, 0.2) is 86.8 Å². The van der Waals surface area contributed by atoms with Crippen LogP contribution in [-0.2, 0) is 27.2 Å². The Hall–Kier alpha value is -5.83. The molecule has 2 fully saturated rings. The minimum atomic E-state index is -1.20. The summed E-state index contributed by atoms with van der Waals surface area (Å²) in [4.78, 5) is 42.9. The van der Waals surface area contributed by atoms with E-state index in [0.717, 1.165) is 34.7 Å². The molecule has 11 rings (SSSR count). The number of aliphatic imine (C=N–C) groups is 1. The molecule has 14 nitrogen and oxygen atoms in total. The predicted octanol–water partition coefficient (Wildman–Crippen LogP) is 3.66. The number of phenols is 1. The number of epoxide rings is 1. The number of fused-ring (bicyclic) bond motifs is 5. The Kier molecular flexibility index (Phi) is 8.64. The second kappa shape index (κ2) is 13.6. The number of esters is 1. The van der Waals surface area contributed by atoms with Gasteiger partial charge in [-0.05, 0) is 101 Å². The Morgan fingerprint density at radius 2 is 1.88 bits per heavy atom. The predicted molar refractivity (Wildman–Crippen MR) is 221 cm³/mol. The summed E-state index contributed by atoms with van der Waals surface area (Å²) in [5.74, 6) is 0.0655. The molecule has 7 aliphatic rings. The number of ether oxygens (including phenoxy) is 3. The number of pyridine rings is 2. The molecule has 14 heteroatoms. The molecule has 2 unspecified atom stereocenters. The van der Waals surface area contributed by atoms with Crippen molar-refractivity contribution in [3.63, 3.8) is 0 Å². The maximum absolute atomic E-state index is 14.7. The second-order valence-corrected chi connectivity index (χ2v) is 17.4. The number of aromatic hydroxyl groups is 1. The number of anilines is 2. The molecule has 1 aromatic carbocycles. The van der Waals surface area contributed by atoms with Gasteiger partial charge in [0.15, 0.2) is 11.0 Å². The number of allylic oxidation sites excluding steroid dienone is 2. The summed E-state index contributed by atoms with van der Waals surface area (Å²) in [5, 5.41) is 15.3. The fourth-order valence-electron chi connectivity index (χ4n) is 10.4. The number of phenolic OH excluding ortho intramolecular Hbond substituents is 1. The van der Waals surface area contributed by atoms with Gasteiger partial charge < -0.3 is 40.5 Å². The number of benzene rings is 1. The maximum atomic E-state index is 14.7. The molecule has 8 atom stereocenters. The second-order valence-electron chi connectivity index (χ2n) is 17.4. The van der Waals surface area contributed by atoms with Crippen LogP contribution in [-0.4, -0.2) is 70.3 Å². The van der Waals surface area contributed by atoms with Crippen molar-refractivity contribution < 1.29 is 33.4 Å². The summed E-state index contributed by atoms with van der Waals surface area (Å²) in [6.07, 6.45) is 10.8. The Labute approximate surface area is 340 Å². The standard InChI is InChI=1S/C45H47N7O7/c1-22-11-32(53)39-33(56-22)17-34-40(41(39)54)38-29-7-6-27(14-26(29)18-48-4)45(43(55)57-42(38)44(2,3)58-34)35(59-45)8-5-23-12-30(51-36(46)13-23)25-15-28(50-37(47)16-25)20-52-19-24-9-10-49-31(24)21-52/h6-7,9-13,15-17,19,26-27,29,35,38,42,48,54H,5,8,14,18,20-21H2,1-4H3,(H2,46,51)(H2,47,50)/p+1/t26-,27?,29-,35-,38-,42-,45+/m1/s1. The third-order valence-corrected chi connectivity index (χ3v) is 13.0. The van der Waals surface area contributed by atoms with Crippen molar-refractivity contribution >= 4 is 34.3 Å². The zero-order valence-electron chi connectivity index (χ0n) is 33.5. The fraction of sp³-hybridized carbons (Fsp3) is 0.400. The van der Waals surface area contributed by atoms with E-state index in [1.165, 1.54) is 11.0 Å². The van der Waals surface area contributed by atoms with Gasteiger partial charge in [-0.15, -0.1) is 0 Å². The lowest BCUT2D eigenvalue weighted by atomic mass is 9.64. The number of carbonyl (C=O) groups excluding carboxylic acids is 1. The lowest BCUT2D eigenvalue weighted by Gasteiger charge is -2.47. The van der Waals surface area contributed by atoms with E-state index in [-0.39, 0.29) is 39.9 Å². The largest absolute Gasteiger partial charge is 0.507 e. The summed E-state index contributed by atoms with van der Waals surface area (Å²) in [5.41, 5.74) is 16.4. The number of quaternary nitrogens is 1. The normalized spacial score (nSPS) is 29.5. The van der Waals surface area contributed by atoms with Crippen LogP contribution in [0.25, 0.3) is 22.2 Å². The molecule has 4 aromatic rings. The van der Waals surface area contributed by atoms with E-state index < -0.39 is 35.3 Å². The Morgan fingerprint density at radius 1 is 1.05 bits per heavy atom. The van der Waals surface area contributed by atoms with Gasteiger partial charge in [-0.2, -0.15) is 0 Å². The van der Waals surface area contributed by atoms with E-state index in [2.05, 4.69) is 38.6 Å². The number of carbonyl (C=O) groups is 1. The van der Waals surface area contributed by atoms with Crippen molar-refractivity contribution in [1.29, 1.82) is 0 Å². The third-order valence-electron chi connectivity index (χ3n) is 13.0. The highest BCUT2D eigenvalue weighted by molar-refractivity contribution is 6.06. The number of aryl methyl sites for hydroxylation is 2. The van der Waals surface area contributed by atoms with Crippen LogP contribution < -0.4 is 31.8 Å². The number of rotatable bonds is 8. The van der Waals surface area contributed by atoms with Gasteiger partial charge in [0.05, 0.1) is 23.1 Å². The first-order valence-corrected chi connectivity index (χ1v) is 20.4. The Morgan fingerprint density at radius 3 is 2.69 bits per heavy atom. The van der Waals surface area contributed by atoms with Crippen LogP contribution in [0.5, 0.6) is 11.5 Å². The zero-order chi connectivity index (χ0) is 41.0. The highest BCUT2D eigenvalue weighted by atomic mass is 16.7. The average molecular weight is 799 g/mol. The smallest absolute Gasteiger partial charge is 0.342 e. The molecule has 2 bridgehead atoms. The van der Waals surface area contributed by atoms with Crippen LogP contribution in [0.3, 0.4) is 0 Å². The van der Waals surface area contributed by atoms with E-state index in [1.54, 1.807) is 13.0 Å². The van der Waals surface area contributed by atoms with Gasteiger partial charge in [-0.3, -0.25) is 14.7 Å². The molecule has 0 radical (unpaired) electrons. The van der Waals surface area contributed by atoms with Crippen LogP contribution in [0.1, 0.15) is 55.2 Å². The summed E-state index contributed by atoms with van der Waals surface area (Å²) >= 11 is 0. The van der Waals surface area contributed by atoms with Gasteiger partial charge >= 0.3 is 5.97 Å². The topological polar surface area (TPSA) is 205 Å². The zero-order valence-corrected chi connectivity index (χ0v) is 33.5. The lowest BCUT2D eigenvalue weighted by molar-refractivity contribution is -0.848. The first-order valence-electron chi connectivity index (χ1n) is 20.4. The lowest BCUT2D eigenvalue weighted by Crippen LogP contribution is -3.05. The number of nitrogens with one attached hydrogen (secondary N) is 2. The van der Waals surface area contributed by atoms with E-state index in [9.17, 15) is 14.7 Å². The highest BCUT2D eigenvalue weighted by Crippen LogP contribution is 2.59. The van der Waals surface area contributed by atoms with Crippen molar-refractivity contribution in [3.05, 3.63) is 105 Å². The number of nitrogen functional groups attached to an aromatic ring is 2. The minimum absolute atomic E-state index is 0.0409. The van der Waals surface area contributed by atoms with E-state index in [0.29, 0.717) is 66.8 Å². The van der Waals surface area contributed by atoms with Gasteiger partial charge in [0.1, 0.15) is 76.6 Å². The molecule has 9 heterocycles. The quantitative estimate of drug-likeness (QED) is 0.0985. The van der Waals surface area contributed by atoms with Crippen molar-refractivity contribution in [2.24, 2.45) is 22.7 Å². The van der Waals surface area contributed by atoms with E-state index in [4.69, 9.17) is 30.1 Å². The van der Waals surface area contributed by atoms with Crippen LogP contribution in [0.4, 0.5) is 11.6 Å². The van der Waals surface area contributed by atoms with Gasteiger partial charge in [0.2, 0.25) is 0 Å². The molecular formula is C45H48N7O7+. The summed E-state index contributed by atoms with van der Waals surface area (Å²) in [6.45, 7) is 7.57. The SMILES string of the molecule is CNC[C@H]1CC2C=C[C@H]1[C@@H]1c3c(cc4oc(C)cc(=O)c4c3O)OC(C)(C)[C@@H]1OC(=O)[C@]21O[C@@H]1CCc1cc(N)nc(-c2cc(N)nc(C[NH+]3C=C4C=CN=C4C3)c2)c1. The van der Waals surface area contributed by atoms with Gasteiger partial charge in [-0.1, -0.05) is 12.2 Å². The van der Waals surface area contributed by atoms with Crippen LogP contribution >= 0.6 is 0 Å². The van der Waals surface area contributed by atoms with Gasteiger partial charge in [-0.25, -0.2) is 14.8 Å². The molecule has 1 spiro atoms. The number of hydrogen-bond donors (Lipinski definition) is 5. The molecule has 7 N–H and O–H groups in total.